The number of amides is 2. The SMILES string of the molecule is CCOc1ccc(S(=O)(=O)N(CC(=O)N(Cc2cccc(Cl)c2)C(Cc2ccccc2)C(=O)NC(C)(C)C)c2ccc(C)cc2)cc1. The Kier molecular flexibility index (Phi) is 11.7. The second-order valence-corrected chi connectivity index (χ2v) is 14.6. The molecule has 0 spiro atoms. The highest BCUT2D eigenvalue weighted by Gasteiger charge is 2.35. The summed E-state index contributed by atoms with van der Waals surface area (Å²) < 4.78 is 35.1. The maximum absolute atomic E-state index is 14.6. The topological polar surface area (TPSA) is 96.0 Å². The van der Waals surface area contributed by atoms with Crippen LogP contribution in [0.2, 0.25) is 5.02 Å². The Morgan fingerprint density at radius 1 is 0.872 bits per heavy atom. The van der Waals surface area contributed by atoms with Crippen LogP contribution in [0, 0.1) is 6.92 Å². The molecule has 2 amide bonds. The lowest BCUT2D eigenvalue weighted by Crippen LogP contribution is -2.56. The average Bonchev–Trinajstić information content (AvgIpc) is 3.02. The van der Waals surface area contributed by atoms with Gasteiger partial charge in [0.1, 0.15) is 18.3 Å². The number of nitrogens with zero attached hydrogens (tertiary/aromatic N) is 2. The van der Waals surface area contributed by atoms with Crippen LogP contribution in [-0.4, -0.2) is 49.9 Å². The molecule has 0 heterocycles. The molecule has 4 rings (SSSR count). The Labute approximate surface area is 283 Å². The number of carbonyl (C=O) groups excluding carboxylic acids is 2. The van der Waals surface area contributed by atoms with Gasteiger partial charge in [0.25, 0.3) is 10.0 Å². The number of hydrogen-bond donors (Lipinski definition) is 1. The standard InChI is InChI=1S/C37H42ClN3O5S/c1-6-46-32-19-21-33(22-20-32)47(44,45)41(31-17-15-27(2)16-18-31)26-35(42)40(25-29-13-10-14-30(38)23-29)34(36(43)39-37(3,4)5)24-28-11-8-7-9-12-28/h7-23,34H,6,24-26H2,1-5H3,(H,39,43). The van der Waals surface area contributed by atoms with Crippen molar-refractivity contribution in [3.63, 3.8) is 0 Å². The van der Waals surface area contributed by atoms with Crippen LogP contribution in [0.1, 0.15) is 44.4 Å². The molecule has 0 aliphatic heterocycles. The Bertz CT molecular complexity index is 1760. The fraction of sp³-hybridized carbons (Fsp3) is 0.297. The summed E-state index contributed by atoms with van der Waals surface area (Å²) in [6, 6.07) is 28.5. The minimum Gasteiger partial charge on any atom is -0.494 e. The molecule has 0 bridgehead atoms. The zero-order valence-electron chi connectivity index (χ0n) is 27.4. The summed E-state index contributed by atoms with van der Waals surface area (Å²) in [6.45, 7) is 9.27. The first-order chi connectivity index (χ1) is 22.3. The van der Waals surface area contributed by atoms with Crippen LogP contribution in [0.15, 0.2) is 108 Å². The summed E-state index contributed by atoms with van der Waals surface area (Å²) >= 11 is 6.32. The zero-order valence-corrected chi connectivity index (χ0v) is 29.0. The molecule has 0 saturated heterocycles. The lowest BCUT2D eigenvalue weighted by molar-refractivity contribution is -0.140. The highest BCUT2D eigenvalue weighted by molar-refractivity contribution is 7.92. The fourth-order valence-corrected chi connectivity index (χ4v) is 6.71. The monoisotopic (exact) mass is 675 g/mol. The van der Waals surface area contributed by atoms with Crippen molar-refractivity contribution >= 4 is 39.1 Å². The third-order valence-corrected chi connectivity index (χ3v) is 9.36. The van der Waals surface area contributed by atoms with E-state index in [4.69, 9.17) is 16.3 Å². The quantitative estimate of drug-likeness (QED) is 0.168. The molecule has 0 fully saturated rings. The molecule has 4 aromatic carbocycles. The van der Waals surface area contributed by atoms with Gasteiger partial charge < -0.3 is 15.0 Å². The van der Waals surface area contributed by atoms with Gasteiger partial charge in [-0.1, -0.05) is 71.8 Å². The van der Waals surface area contributed by atoms with Gasteiger partial charge >= 0.3 is 0 Å². The Hall–Kier alpha value is -4.34. The molecule has 0 saturated carbocycles. The van der Waals surface area contributed by atoms with E-state index in [0.29, 0.717) is 28.6 Å². The van der Waals surface area contributed by atoms with E-state index in [1.54, 1.807) is 54.6 Å². The van der Waals surface area contributed by atoms with E-state index in [1.807, 2.05) is 71.0 Å². The predicted octanol–water partition coefficient (Wildman–Crippen LogP) is 6.80. The smallest absolute Gasteiger partial charge is 0.264 e. The van der Waals surface area contributed by atoms with E-state index < -0.39 is 34.1 Å². The molecule has 47 heavy (non-hydrogen) atoms. The number of anilines is 1. The molecule has 8 nitrogen and oxygen atoms in total. The highest BCUT2D eigenvalue weighted by atomic mass is 35.5. The summed E-state index contributed by atoms with van der Waals surface area (Å²) in [5, 5.41) is 3.51. The summed E-state index contributed by atoms with van der Waals surface area (Å²) in [5.41, 5.74) is 2.22. The van der Waals surface area contributed by atoms with Crippen molar-refractivity contribution in [3.8, 4) is 5.75 Å². The lowest BCUT2D eigenvalue weighted by Gasteiger charge is -2.35. The van der Waals surface area contributed by atoms with Crippen LogP contribution in [0.5, 0.6) is 5.75 Å². The molecule has 0 aliphatic rings. The summed E-state index contributed by atoms with van der Waals surface area (Å²) in [7, 11) is -4.23. The molecule has 248 valence electrons. The molecule has 0 aliphatic carbocycles. The number of benzene rings is 4. The molecular formula is C37H42ClN3O5S. The molecule has 1 unspecified atom stereocenters. The third kappa shape index (κ3) is 9.83. The van der Waals surface area contributed by atoms with Crippen molar-refractivity contribution in [2.45, 2.75) is 64.1 Å². The second kappa shape index (κ2) is 15.5. The third-order valence-electron chi connectivity index (χ3n) is 7.33. The number of rotatable bonds is 13. The fourth-order valence-electron chi connectivity index (χ4n) is 5.08. The van der Waals surface area contributed by atoms with Gasteiger partial charge in [-0.25, -0.2) is 8.42 Å². The molecule has 4 aromatic rings. The van der Waals surface area contributed by atoms with Crippen molar-refractivity contribution in [3.05, 3.63) is 125 Å². The zero-order chi connectivity index (χ0) is 34.2. The maximum Gasteiger partial charge on any atom is 0.264 e. The van der Waals surface area contributed by atoms with Crippen LogP contribution in [0.3, 0.4) is 0 Å². The molecule has 0 aromatic heterocycles. The van der Waals surface area contributed by atoms with E-state index in [9.17, 15) is 18.0 Å². The van der Waals surface area contributed by atoms with Gasteiger partial charge in [0.2, 0.25) is 11.8 Å². The van der Waals surface area contributed by atoms with Crippen LogP contribution in [-0.2, 0) is 32.6 Å². The Morgan fingerprint density at radius 2 is 1.51 bits per heavy atom. The van der Waals surface area contributed by atoms with Crippen molar-refractivity contribution in [2.75, 3.05) is 17.5 Å². The average molecular weight is 676 g/mol. The first-order valence-corrected chi connectivity index (χ1v) is 17.3. The van der Waals surface area contributed by atoms with Crippen LogP contribution in [0.25, 0.3) is 0 Å². The van der Waals surface area contributed by atoms with Crippen molar-refractivity contribution in [1.82, 2.24) is 10.2 Å². The van der Waals surface area contributed by atoms with E-state index in [-0.39, 0.29) is 23.8 Å². The van der Waals surface area contributed by atoms with Crippen molar-refractivity contribution < 1.29 is 22.7 Å². The van der Waals surface area contributed by atoms with Gasteiger partial charge in [-0.2, -0.15) is 0 Å². The number of ether oxygens (including phenoxy) is 1. The van der Waals surface area contributed by atoms with Gasteiger partial charge in [0.15, 0.2) is 0 Å². The van der Waals surface area contributed by atoms with Crippen molar-refractivity contribution in [1.29, 1.82) is 0 Å². The number of halogens is 1. The lowest BCUT2D eigenvalue weighted by atomic mass is 10.0. The van der Waals surface area contributed by atoms with E-state index in [0.717, 1.165) is 15.4 Å². The molecule has 10 heteroatoms. The van der Waals surface area contributed by atoms with Crippen LogP contribution < -0.4 is 14.4 Å². The number of hydrogen-bond acceptors (Lipinski definition) is 5. The van der Waals surface area contributed by atoms with Crippen LogP contribution >= 0.6 is 11.6 Å². The molecule has 0 radical (unpaired) electrons. The molecule has 1 atom stereocenters. The van der Waals surface area contributed by atoms with Gasteiger partial charge in [0, 0.05) is 23.5 Å². The first kappa shape index (κ1) is 35.5. The van der Waals surface area contributed by atoms with Crippen molar-refractivity contribution in [2.24, 2.45) is 0 Å². The van der Waals surface area contributed by atoms with Crippen LogP contribution in [0.4, 0.5) is 5.69 Å². The minimum absolute atomic E-state index is 0.00188. The molecular weight excluding hydrogens is 634 g/mol. The number of nitrogens with one attached hydrogen (secondary N) is 1. The Balaban J connectivity index is 1.81. The summed E-state index contributed by atoms with van der Waals surface area (Å²) in [5.74, 6) is -0.372. The van der Waals surface area contributed by atoms with E-state index >= 15 is 0 Å². The Morgan fingerprint density at radius 3 is 2.11 bits per heavy atom. The summed E-state index contributed by atoms with van der Waals surface area (Å²) in [4.78, 5) is 30.0. The van der Waals surface area contributed by atoms with E-state index in [2.05, 4.69) is 5.32 Å². The van der Waals surface area contributed by atoms with Gasteiger partial charge in [-0.3, -0.25) is 13.9 Å². The normalized spacial score (nSPS) is 12.2. The number of sulfonamides is 1. The summed E-state index contributed by atoms with van der Waals surface area (Å²) in [6.07, 6.45) is 0.214. The molecule has 1 N–H and O–H groups in total. The van der Waals surface area contributed by atoms with Gasteiger partial charge in [0.05, 0.1) is 17.2 Å². The largest absolute Gasteiger partial charge is 0.494 e. The van der Waals surface area contributed by atoms with Gasteiger partial charge in [-0.15, -0.1) is 0 Å². The predicted molar refractivity (Wildman–Crippen MR) is 187 cm³/mol. The second-order valence-electron chi connectivity index (χ2n) is 12.3. The highest BCUT2D eigenvalue weighted by Crippen LogP contribution is 2.27. The van der Waals surface area contributed by atoms with Gasteiger partial charge in [-0.05, 0) is 94.3 Å². The first-order valence-electron chi connectivity index (χ1n) is 15.5. The maximum atomic E-state index is 14.6. The number of carbonyl (C=O) groups is 2. The van der Waals surface area contributed by atoms with E-state index in [1.165, 1.54) is 17.0 Å². The minimum atomic E-state index is -4.23. The number of aryl methyl sites for hydroxylation is 1.